The summed E-state index contributed by atoms with van der Waals surface area (Å²) in [5, 5.41) is 14.2. The minimum absolute atomic E-state index is 0.0755. The normalized spacial score (nSPS) is 25.7. The van der Waals surface area contributed by atoms with E-state index in [1.165, 1.54) is 9.80 Å². The number of nitrogens with one attached hydrogen (secondary N) is 1. The van der Waals surface area contributed by atoms with Gasteiger partial charge in [0.1, 0.15) is 17.7 Å². The number of carbonyl (C=O) groups excluding carboxylic acids is 4. The molecule has 3 fully saturated rings. The number of carbonyl (C=O) groups is 4. The van der Waals surface area contributed by atoms with Crippen LogP contribution in [-0.2, 0) is 35.1 Å². The van der Waals surface area contributed by atoms with Crippen molar-refractivity contribution in [2.45, 2.75) is 73.4 Å². The first kappa shape index (κ1) is 39.4. The van der Waals surface area contributed by atoms with Crippen LogP contribution in [0.15, 0.2) is 110 Å². The van der Waals surface area contributed by atoms with Crippen molar-refractivity contribution < 1.29 is 33.8 Å². The second kappa shape index (κ2) is 17.0. The van der Waals surface area contributed by atoms with E-state index in [0.29, 0.717) is 22.7 Å². The number of hydrogen-bond donors (Lipinski definition) is 2. The van der Waals surface area contributed by atoms with Gasteiger partial charge in [-0.1, -0.05) is 112 Å². The Balaban J connectivity index is 1.40. The standard InChI is InChI=1S/C42H45BrClN3O7/c1-4-6-21-33(49)45-26(3)36(28-17-11-8-12-18-28)53-41(52)34-35-39(50)47(29(25-48)23-27-15-9-7-10-16-27)38(42(35)24-30(43)37(34)54-42)40(51)46(22-5-2)32-20-14-13-19-31(32)44/h4-5,7-20,26,29-30,34-38,48H,1-2,6,21-25H2,3H3,(H,45,49)/t26-,29+,30?,34+,35-,36-,37+,38+,42-/m0/s1. The first-order valence-corrected chi connectivity index (χ1v) is 19.5. The second-order valence-corrected chi connectivity index (χ2v) is 15.7. The lowest BCUT2D eigenvalue weighted by Crippen LogP contribution is -2.59. The number of nitrogens with zero attached hydrogens (tertiary/aromatic N) is 2. The molecular weight excluding hydrogens is 774 g/mol. The third-order valence-electron chi connectivity index (χ3n) is 10.7. The van der Waals surface area contributed by atoms with Gasteiger partial charge in [0.05, 0.1) is 47.3 Å². The smallest absolute Gasteiger partial charge is 0.313 e. The van der Waals surface area contributed by atoms with Crippen LogP contribution in [0.4, 0.5) is 5.69 Å². The molecule has 0 saturated carbocycles. The molecule has 6 rings (SSSR count). The van der Waals surface area contributed by atoms with E-state index < -0.39 is 77.0 Å². The van der Waals surface area contributed by atoms with Gasteiger partial charge in [-0.05, 0) is 49.4 Å². The van der Waals surface area contributed by atoms with Gasteiger partial charge in [0.2, 0.25) is 11.8 Å². The molecule has 12 heteroatoms. The summed E-state index contributed by atoms with van der Waals surface area (Å²) >= 11 is 10.4. The quantitative estimate of drug-likeness (QED) is 0.104. The van der Waals surface area contributed by atoms with E-state index in [2.05, 4.69) is 34.4 Å². The Hall–Kier alpha value is -4.29. The third-order valence-corrected chi connectivity index (χ3v) is 11.8. The monoisotopic (exact) mass is 817 g/mol. The van der Waals surface area contributed by atoms with Gasteiger partial charge in [-0.2, -0.15) is 0 Å². The molecule has 0 aromatic heterocycles. The first-order valence-electron chi connectivity index (χ1n) is 18.2. The van der Waals surface area contributed by atoms with Crippen LogP contribution in [0.5, 0.6) is 0 Å². The molecule has 284 valence electrons. The average Bonchev–Trinajstić information content (AvgIpc) is 3.78. The highest BCUT2D eigenvalue weighted by molar-refractivity contribution is 9.09. The molecule has 1 unspecified atom stereocenters. The van der Waals surface area contributed by atoms with E-state index in [9.17, 15) is 14.7 Å². The maximum absolute atomic E-state index is 15.1. The lowest BCUT2D eigenvalue weighted by Gasteiger charge is -2.39. The molecular formula is C42H45BrClN3O7. The van der Waals surface area contributed by atoms with Crippen molar-refractivity contribution in [3.05, 3.63) is 126 Å². The minimum Gasteiger partial charge on any atom is -0.455 e. The zero-order chi connectivity index (χ0) is 38.6. The van der Waals surface area contributed by atoms with Crippen LogP contribution in [-0.4, -0.2) is 81.5 Å². The number of esters is 1. The molecule has 0 aliphatic carbocycles. The topological polar surface area (TPSA) is 125 Å². The van der Waals surface area contributed by atoms with Crippen molar-refractivity contribution in [2.75, 3.05) is 18.1 Å². The molecule has 3 aliphatic heterocycles. The number of ether oxygens (including phenoxy) is 2. The largest absolute Gasteiger partial charge is 0.455 e. The lowest BCUT2D eigenvalue weighted by molar-refractivity contribution is -0.162. The molecule has 9 atom stereocenters. The summed E-state index contributed by atoms with van der Waals surface area (Å²) in [6, 6.07) is 22.7. The molecule has 2 bridgehead atoms. The number of amides is 3. The van der Waals surface area contributed by atoms with Crippen LogP contribution in [0.25, 0.3) is 0 Å². The van der Waals surface area contributed by atoms with Crippen LogP contribution in [0, 0.1) is 11.8 Å². The molecule has 3 saturated heterocycles. The number of para-hydroxylation sites is 1. The number of likely N-dealkylation sites (tertiary alicyclic amines) is 1. The van der Waals surface area contributed by atoms with E-state index in [0.717, 1.165) is 5.56 Å². The summed E-state index contributed by atoms with van der Waals surface area (Å²) in [4.78, 5) is 60.1. The Morgan fingerprint density at radius 3 is 2.39 bits per heavy atom. The summed E-state index contributed by atoms with van der Waals surface area (Å²) < 4.78 is 13.1. The van der Waals surface area contributed by atoms with Crippen LogP contribution in [0.3, 0.4) is 0 Å². The number of allylic oxidation sites excluding steroid dienone is 1. The van der Waals surface area contributed by atoms with Crippen LogP contribution in [0.1, 0.15) is 43.4 Å². The van der Waals surface area contributed by atoms with Gasteiger partial charge in [0.15, 0.2) is 0 Å². The summed E-state index contributed by atoms with van der Waals surface area (Å²) in [5.41, 5.74) is 0.489. The highest BCUT2D eigenvalue weighted by Gasteiger charge is 2.77. The van der Waals surface area contributed by atoms with Gasteiger partial charge >= 0.3 is 5.97 Å². The van der Waals surface area contributed by atoms with Crippen LogP contribution < -0.4 is 10.2 Å². The van der Waals surface area contributed by atoms with Crippen molar-refractivity contribution in [1.82, 2.24) is 10.2 Å². The Morgan fingerprint density at radius 1 is 1.07 bits per heavy atom. The fourth-order valence-electron chi connectivity index (χ4n) is 8.34. The highest BCUT2D eigenvalue weighted by atomic mass is 79.9. The van der Waals surface area contributed by atoms with Crippen molar-refractivity contribution in [2.24, 2.45) is 11.8 Å². The van der Waals surface area contributed by atoms with E-state index in [1.54, 1.807) is 43.3 Å². The lowest BCUT2D eigenvalue weighted by atomic mass is 9.70. The fourth-order valence-corrected chi connectivity index (χ4v) is 9.52. The SMILES string of the molecule is C=CCCC(=O)N[C@@H](C)[C@H](OC(=O)[C@H]1[C@@H]2O[C@@]3(CC2Br)[C@@H]1C(=O)N([C@@H](CO)Cc1ccccc1)[C@@H]3C(=O)N(CC=C)c1ccccc1Cl)c1ccccc1. The Labute approximate surface area is 329 Å². The zero-order valence-corrected chi connectivity index (χ0v) is 32.4. The molecule has 3 heterocycles. The third kappa shape index (κ3) is 7.51. The number of hydrogen-bond acceptors (Lipinski definition) is 7. The molecule has 10 nitrogen and oxygen atoms in total. The molecule has 54 heavy (non-hydrogen) atoms. The fraction of sp³-hybridized carbons (Fsp3) is 0.381. The maximum atomic E-state index is 15.1. The summed E-state index contributed by atoms with van der Waals surface area (Å²) in [7, 11) is 0. The number of alkyl halides is 1. The molecule has 3 amide bonds. The Morgan fingerprint density at radius 2 is 1.74 bits per heavy atom. The van der Waals surface area contributed by atoms with Crippen molar-refractivity contribution in [1.29, 1.82) is 0 Å². The Kier molecular flexibility index (Phi) is 12.4. The van der Waals surface area contributed by atoms with Gasteiger partial charge in [0, 0.05) is 17.8 Å². The van der Waals surface area contributed by atoms with Gasteiger partial charge in [-0.15, -0.1) is 13.2 Å². The summed E-state index contributed by atoms with van der Waals surface area (Å²) in [6.07, 6.45) is 2.75. The molecule has 0 radical (unpaired) electrons. The van der Waals surface area contributed by atoms with Crippen LogP contribution >= 0.6 is 27.5 Å². The molecule has 1 spiro atoms. The summed E-state index contributed by atoms with van der Waals surface area (Å²) in [6.45, 7) is 8.95. The van der Waals surface area contributed by atoms with Crippen molar-refractivity contribution >= 4 is 56.9 Å². The van der Waals surface area contributed by atoms with E-state index >= 15 is 9.59 Å². The van der Waals surface area contributed by atoms with Crippen molar-refractivity contribution in [3.63, 3.8) is 0 Å². The number of benzene rings is 3. The van der Waals surface area contributed by atoms with Gasteiger partial charge in [0.25, 0.3) is 5.91 Å². The second-order valence-electron chi connectivity index (χ2n) is 14.1. The Bertz CT molecular complexity index is 1860. The number of anilines is 1. The first-order chi connectivity index (χ1) is 26.1. The maximum Gasteiger partial charge on any atom is 0.313 e. The number of aliphatic hydroxyl groups excluding tert-OH is 1. The number of halogens is 2. The predicted molar refractivity (Wildman–Crippen MR) is 210 cm³/mol. The van der Waals surface area contributed by atoms with E-state index in [1.807, 2.05) is 60.7 Å². The van der Waals surface area contributed by atoms with Gasteiger partial charge < -0.3 is 29.7 Å². The molecule has 3 aliphatic rings. The molecule has 3 aromatic carbocycles. The summed E-state index contributed by atoms with van der Waals surface area (Å²) in [5.74, 6) is -4.06. The highest BCUT2D eigenvalue weighted by Crippen LogP contribution is 2.61. The van der Waals surface area contributed by atoms with E-state index in [4.69, 9.17) is 21.1 Å². The van der Waals surface area contributed by atoms with Gasteiger partial charge in [-0.25, -0.2) is 0 Å². The van der Waals surface area contributed by atoms with E-state index in [-0.39, 0.29) is 31.7 Å². The molecule has 2 N–H and O–H groups in total. The number of rotatable bonds is 16. The predicted octanol–water partition coefficient (Wildman–Crippen LogP) is 5.97. The van der Waals surface area contributed by atoms with Gasteiger partial charge in [-0.3, -0.25) is 19.2 Å². The number of fused-ring (bicyclic) bond motifs is 1. The van der Waals surface area contributed by atoms with Crippen molar-refractivity contribution in [3.8, 4) is 0 Å². The zero-order valence-electron chi connectivity index (χ0n) is 30.1. The number of aliphatic hydroxyl groups is 1. The van der Waals surface area contributed by atoms with Crippen LogP contribution in [0.2, 0.25) is 5.02 Å². The minimum atomic E-state index is -1.45. The average molecular weight is 819 g/mol. The molecule has 3 aromatic rings.